The van der Waals surface area contributed by atoms with E-state index in [1.165, 1.54) is 18.0 Å². The second-order valence-corrected chi connectivity index (χ2v) is 5.81. The number of methoxy groups -OCH3 is 1. The van der Waals surface area contributed by atoms with E-state index in [1.807, 2.05) is 0 Å². The predicted octanol–water partition coefficient (Wildman–Crippen LogP) is -1.25. The molecule has 11 heteroatoms. The van der Waals surface area contributed by atoms with E-state index in [0.717, 1.165) is 0 Å². The van der Waals surface area contributed by atoms with Crippen LogP contribution in [0.1, 0.15) is 29.4 Å². The van der Waals surface area contributed by atoms with Gasteiger partial charge >= 0.3 is 11.9 Å². The first kappa shape index (κ1) is 17.3. The van der Waals surface area contributed by atoms with Crippen LogP contribution < -0.4 is 5.32 Å². The lowest BCUT2D eigenvalue weighted by atomic mass is 10.1. The van der Waals surface area contributed by atoms with Crippen molar-refractivity contribution in [3.8, 4) is 0 Å². The Bertz CT molecular complexity index is 676. The molecule has 3 rings (SSSR count). The molecule has 2 aliphatic heterocycles. The number of hydrogen-bond acceptors (Lipinski definition) is 8. The van der Waals surface area contributed by atoms with Gasteiger partial charge in [0.15, 0.2) is 5.69 Å². The summed E-state index contributed by atoms with van der Waals surface area (Å²) in [6.45, 7) is 0.546. The standard InChI is InChI=1S/C14H18N4O7/c1-23-14(22)7-4-18(17-16-7)9-6-25-12-8(5-24-13(9)12)15-10(19)2-3-11(20)21/h4,8-9,12-13H,2-3,5-6H2,1H3,(H,15,19)(H,20,21)/t8-,9-,12+,13+/m0/s1. The van der Waals surface area contributed by atoms with E-state index >= 15 is 0 Å². The summed E-state index contributed by atoms with van der Waals surface area (Å²) in [5.41, 5.74) is 0.0856. The Morgan fingerprint density at radius 2 is 2.08 bits per heavy atom. The second-order valence-electron chi connectivity index (χ2n) is 5.81. The SMILES string of the molecule is COC(=O)c1cn([C@H]2CO[C@H]3[C@@H]2OC[C@@H]3NC(=O)CCC(=O)O)nn1. The molecule has 2 aliphatic rings. The number of aromatic nitrogens is 3. The van der Waals surface area contributed by atoms with Crippen molar-refractivity contribution in [3.05, 3.63) is 11.9 Å². The van der Waals surface area contributed by atoms with Gasteiger partial charge in [-0.25, -0.2) is 9.48 Å². The number of hydrogen-bond donors (Lipinski definition) is 2. The molecule has 0 radical (unpaired) electrons. The molecule has 136 valence electrons. The summed E-state index contributed by atoms with van der Waals surface area (Å²) < 4.78 is 17.5. The van der Waals surface area contributed by atoms with Gasteiger partial charge in [0.2, 0.25) is 5.91 Å². The Balaban J connectivity index is 1.60. The van der Waals surface area contributed by atoms with Crippen molar-refractivity contribution < 1.29 is 33.7 Å². The van der Waals surface area contributed by atoms with Gasteiger partial charge in [0, 0.05) is 6.42 Å². The number of nitrogens with zero attached hydrogens (tertiary/aromatic N) is 3. The maximum atomic E-state index is 11.8. The fraction of sp³-hybridized carbons (Fsp3) is 0.643. The zero-order valence-electron chi connectivity index (χ0n) is 13.5. The summed E-state index contributed by atoms with van der Waals surface area (Å²) in [6, 6.07) is -0.642. The van der Waals surface area contributed by atoms with Crippen LogP contribution in [0.2, 0.25) is 0 Å². The maximum Gasteiger partial charge on any atom is 0.360 e. The zero-order chi connectivity index (χ0) is 18.0. The second kappa shape index (κ2) is 7.15. The third-order valence-corrected chi connectivity index (χ3v) is 4.18. The molecule has 4 atom stereocenters. The molecule has 2 N–H and O–H groups in total. The van der Waals surface area contributed by atoms with Gasteiger partial charge in [-0.3, -0.25) is 9.59 Å². The number of carbonyl (C=O) groups excluding carboxylic acids is 2. The van der Waals surface area contributed by atoms with E-state index in [0.29, 0.717) is 6.61 Å². The minimum absolute atomic E-state index is 0.0856. The zero-order valence-corrected chi connectivity index (χ0v) is 13.5. The van der Waals surface area contributed by atoms with Crippen molar-refractivity contribution in [3.63, 3.8) is 0 Å². The fourth-order valence-corrected chi connectivity index (χ4v) is 2.97. The molecule has 0 saturated carbocycles. The highest BCUT2D eigenvalue weighted by Crippen LogP contribution is 2.34. The van der Waals surface area contributed by atoms with Gasteiger partial charge in [-0.1, -0.05) is 5.21 Å². The summed E-state index contributed by atoms with van der Waals surface area (Å²) in [6.07, 6.45) is 0.413. The number of rotatable bonds is 6. The summed E-state index contributed by atoms with van der Waals surface area (Å²) in [7, 11) is 1.26. The van der Waals surface area contributed by atoms with Gasteiger partial charge in [0.1, 0.15) is 18.2 Å². The van der Waals surface area contributed by atoms with Crippen molar-refractivity contribution in [1.29, 1.82) is 0 Å². The molecule has 0 unspecified atom stereocenters. The molecule has 25 heavy (non-hydrogen) atoms. The Morgan fingerprint density at radius 3 is 2.80 bits per heavy atom. The van der Waals surface area contributed by atoms with E-state index in [2.05, 4.69) is 20.4 Å². The monoisotopic (exact) mass is 354 g/mol. The summed E-state index contributed by atoms with van der Waals surface area (Å²) >= 11 is 0. The van der Waals surface area contributed by atoms with Gasteiger partial charge in [-0.2, -0.15) is 0 Å². The number of fused-ring (bicyclic) bond motifs is 1. The first-order valence-electron chi connectivity index (χ1n) is 7.74. The van der Waals surface area contributed by atoms with Crippen LogP contribution in [-0.4, -0.2) is 76.5 Å². The van der Waals surface area contributed by atoms with Crippen LogP contribution in [0.3, 0.4) is 0 Å². The highest BCUT2D eigenvalue weighted by Gasteiger charge is 2.49. The molecule has 11 nitrogen and oxygen atoms in total. The lowest BCUT2D eigenvalue weighted by Crippen LogP contribution is -2.44. The van der Waals surface area contributed by atoms with Gasteiger partial charge in [-0.05, 0) is 0 Å². The number of carbonyl (C=O) groups is 3. The van der Waals surface area contributed by atoms with Crippen LogP contribution in [0.5, 0.6) is 0 Å². The number of amides is 1. The maximum absolute atomic E-state index is 11.8. The van der Waals surface area contributed by atoms with Crippen LogP contribution in [0.15, 0.2) is 6.20 Å². The fourth-order valence-electron chi connectivity index (χ4n) is 2.97. The van der Waals surface area contributed by atoms with Crippen LogP contribution in [-0.2, 0) is 23.8 Å². The average molecular weight is 354 g/mol. The van der Waals surface area contributed by atoms with E-state index in [4.69, 9.17) is 14.6 Å². The minimum Gasteiger partial charge on any atom is -0.481 e. The minimum atomic E-state index is -1.03. The van der Waals surface area contributed by atoms with Crippen LogP contribution in [0.4, 0.5) is 0 Å². The topological polar surface area (TPSA) is 142 Å². The molecule has 1 aromatic heterocycles. The quantitative estimate of drug-likeness (QED) is 0.599. The van der Waals surface area contributed by atoms with Crippen LogP contribution >= 0.6 is 0 Å². The molecule has 1 aromatic rings. The number of nitrogens with one attached hydrogen (secondary N) is 1. The van der Waals surface area contributed by atoms with Gasteiger partial charge in [-0.15, -0.1) is 5.10 Å². The molecule has 0 bridgehead atoms. The third kappa shape index (κ3) is 3.61. The first-order valence-corrected chi connectivity index (χ1v) is 7.74. The molecule has 1 amide bonds. The number of esters is 1. The highest BCUT2D eigenvalue weighted by atomic mass is 16.6. The molecular formula is C14H18N4O7. The third-order valence-electron chi connectivity index (χ3n) is 4.18. The molecule has 3 heterocycles. The number of carboxylic acids is 1. The van der Waals surface area contributed by atoms with E-state index < -0.39 is 11.9 Å². The van der Waals surface area contributed by atoms with Gasteiger partial charge in [0.25, 0.3) is 0 Å². The van der Waals surface area contributed by atoms with Crippen molar-refractivity contribution in [1.82, 2.24) is 20.3 Å². The Kier molecular flexibility index (Phi) is 4.95. The molecular weight excluding hydrogens is 336 g/mol. The molecule has 0 spiro atoms. The Labute approximate surface area is 142 Å². The van der Waals surface area contributed by atoms with Crippen molar-refractivity contribution in [2.24, 2.45) is 0 Å². The average Bonchev–Trinajstić information content (AvgIpc) is 3.29. The lowest BCUT2D eigenvalue weighted by Gasteiger charge is -2.17. The van der Waals surface area contributed by atoms with Gasteiger partial charge < -0.3 is 24.6 Å². The summed E-state index contributed by atoms with van der Waals surface area (Å²) in [5, 5.41) is 19.0. The molecule has 2 fully saturated rings. The van der Waals surface area contributed by atoms with Crippen molar-refractivity contribution in [2.45, 2.75) is 37.1 Å². The normalized spacial score (nSPS) is 27.7. The van der Waals surface area contributed by atoms with Gasteiger partial charge in [0.05, 0.1) is 39.0 Å². The lowest BCUT2D eigenvalue weighted by molar-refractivity contribution is -0.139. The number of carboxylic acid groups (broad SMARTS) is 1. The predicted molar refractivity (Wildman–Crippen MR) is 78.7 cm³/mol. The van der Waals surface area contributed by atoms with Crippen molar-refractivity contribution in [2.75, 3.05) is 20.3 Å². The molecule has 0 aliphatic carbocycles. The Morgan fingerprint density at radius 1 is 1.32 bits per heavy atom. The van der Waals surface area contributed by atoms with Crippen LogP contribution in [0.25, 0.3) is 0 Å². The molecule has 2 saturated heterocycles. The van der Waals surface area contributed by atoms with Crippen LogP contribution in [0, 0.1) is 0 Å². The van der Waals surface area contributed by atoms with E-state index in [1.54, 1.807) is 0 Å². The summed E-state index contributed by atoms with van der Waals surface area (Å²) in [4.78, 5) is 33.8. The largest absolute Gasteiger partial charge is 0.481 e. The van der Waals surface area contributed by atoms with Crippen molar-refractivity contribution >= 4 is 17.8 Å². The highest BCUT2D eigenvalue weighted by molar-refractivity contribution is 5.86. The number of ether oxygens (including phenoxy) is 3. The Hall–Kier alpha value is -2.53. The van der Waals surface area contributed by atoms with E-state index in [-0.39, 0.29) is 55.3 Å². The first-order chi connectivity index (χ1) is 12.0. The number of aliphatic carboxylic acids is 1. The summed E-state index contributed by atoms with van der Waals surface area (Å²) in [5.74, 6) is -1.98. The smallest absolute Gasteiger partial charge is 0.360 e. The molecule has 0 aromatic carbocycles. The van der Waals surface area contributed by atoms with E-state index in [9.17, 15) is 14.4 Å².